The van der Waals surface area contributed by atoms with Crippen LogP contribution in [0.25, 0.3) is 0 Å². The second kappa shape index (κ2) is 4.80. The first-order chi connectivity index (χ1) is 8.54. The molecule has 0 aromatic heterocycles. The van der Waals surface area contributed by atoms with Crippen molar-refractivity contribution in [2.24, 2.45) is 0 Å². The fourth-order valence-electron chi connectivity index (χ4n) is 2.28. The third-order valence-electron chi connectivity index (χ3n) is 3.34. The highest BCUT2D eigenvalue weighted by atomic mass is 16.4. The Morgan fingerprint density at radius 1 is 1.44 bits per heavy atom. The van der Waals surface area contributed by atoms with Gasteiger partial charge in [0.25, 0.3) is 0 Å². The number of benzene rings is 1. The van der Waals surface area contributed by atoms with Crippen LogP contribution in [0.5, 0.6) is 0 Å². The third kappa shape index (κ3) is 2.37. The maximum Gasteiger partial charge on any atom is 0.331 e. The number of carbonyl (C=O) groups excluding carboxylic acids is 1. The van der Waals surface area contributed by atoms with Gasteiger partial charge < -0.3 is 10.0 Å². The molecule has 1 saturated carbocycles. The van der Waals surface area contributed by atoms with E-state index in [0.29, 0.717) is 12.0 Å². The summed E-state index contributed by atoms with van der Waals surface area (Å²) in [5.74, 6) is -0.971. The Morgan fingerprint density at radius 3 is 2.56 bits per heavy atom. The Balaban J connectivity index is 2.40. The van der Waals surface area contributed by atoms with Gasteiger partial charge in [-0.3, -0.25) is 4.79 Å². The number of carboxylic acids is 1. The van der Waals surface area contributed by atoms with Crippen molar-refractivity contribution in [1.82, 2.24) is 4.90 Å². The molecule has 0 bridgehead atoms. The van der Waals surface area contributed by atoms with Crippen molar-refractivity contribution in [2.75, 3.05) is 0 Å². The number of carbonyl (C=O) groups is 2. The SMILES string of the molecule is Cc1ccc(C(C(=O)O)N(C=O)C2CC2)c(C)c1. The summed E-state index contributed by atoms with van der Waals surface area (Å²) in [5, 5.41) is 9.40. The molecule has 2 rings (SSSR count). The average Bonchev–Trinajstić information content (AvgIpc) is 3.10. The summed E-state index contributed by atoms with van der Waals surface area (Å²) in [4.78, 5) is 24.0. The Kier molecular flexibility index (Phi) is 3.36. The zero-order valence-corrected chi connectivity index (χ0v) is 10.6. The number of aryl methyl sites for hydroxylation is 2. The van der Waals surface area contributed by atoms with E-state index in [1.54, 1.807) is 0 Å². The van der Waals surface area contributed by atoms with E-state index in [0.717, 1.165) is 24.0 Å². The van der Waals surface area contributed by atoms with Gasteiger partial charge in [0.2, 0.25) is 6.41 Å². The molecule has 0 aliphatic heterocycles. The van der Waals surface area contributed by atoms with Crippen molar-refractivity contribution in [3.8, 4) is 0 Å². The molecule has 1 aromatic carbocycles. The van der Waals surface area contributed by atoms with E-state index < -0.39 is 12.0 Å². The zero-order valence-electron chi connectivity index (χ0n) is 10.6. The molecule has 18 heavy (non-hydrogen) atoms. The summed E-state index contributed by atoms with van der Waals surface area (Å²) in [6.45, 7) is 3.85. The topological polar surface area (TPSA) is 57.6 Å². The third-order valence-corrected chi connectivity index (χ3v) is 3.34. The second-order valence-electron chi connectivity index (χ2n) is 4.88. The van der Waals surface area contributed by atoms with E-state index in [2.05, 4.69) is 0 Å². The lowest BCUT2D eigenvalue weighted by molar-refractivity contribution is -0.147. The lowest BCUT2D eigenvalue weighted by atomic mass is 9.98. The van der Waals surface area contributed by atoms with Gasteiger partial charge in [0.1, 0.15) is 0 Å². The van der Waals surface area contributed by atoms with Crippen LogP contribution in [0.2, 0.25) is 0 Å². The van der Waals surface area contributed by atoms with Gasteiger partial charge >= 0.3 is 5.97 Å². The van der Waals surface area contributed by atoms with Gasteiger partial charge in [0, 0.05) is 6.04 Å². The van der Waals surface area contributed by atoms with Crippen LogP contribution < -0.4 is 0 Å². The van der Waals surface area contributed by atoms with E-state index in [1.165, 1.54) is 4.90 Å². The van der Waals surface area contributed by atoms with Crippen molar-refractivity contribution in [3.05, 3.63) is 34.9 Å². The van der Waals surface area contributed by atoms with Crippen molar-refractivity contribution in [1.29, 1.82) is 0 Å². The monoisotopic (exact) mass is 247 g/mol. The predicted octanol–water partition coefficient (Wildman–Crippen LogP) is 2.05. The molecule has 0 saturated heterocycles. The minimum atomic E-state index is -0.971. The van der Waals surface area contributed by atoms with Gasteiger partial charge in [0.05, 0.1) is 0 Å². The Labute approximate surface area is 106 Å². The van der Waals surface area contributed by atoms with Gasteiger partial charge in [-0.2, -0.15) is 0 Å². The van der Waals surface area contributed by atoms with Crippen LogP contribution in [-0.2, 0) is 9.59 Å². The first-order valence-electron chi connectivity index (χ1n) is 6.07. The van der Waals surface area contributed by atoms with E-state index in [4.69, 9.17) is 0 Å². The molecule has 1 atom stereocenters. The van der Waals surface area contributed by atoms with Crippen molar-refractivity contribution in [2.45, 2.75) is 38.8 Å². The van der Waals surface area contributed by atoms with Crippen LogP contribution in [0.3, 0.4) is 0 Å². The molecule has 96 valence electrons. The highest BCUT2D eigenvalue weighted by Crippen LogP contribution is 2.34. The van der Waals surface area contributed by atoms with Crippen LogP contribution in [0.15, 0.2) is 18.2 Å². The zero-order chi connectivity index (χ0) is 13.3. The Bertz CT molecular complexity index is 480. The van der Waals surface area contributed by atoms with Crippen LogP contribution in [0.4, 0.5) is 0 Å². The molecule has 1 aromatic rings. The van der Waals surface area contributed by atoms with Crippen molar-refractivity contribution in [3.63, 3.8) is 0 Å². The molecule has 1 N–H and O–H groups in total. The highest BCUT2D eigenvalue weighted by molar-refractivity contribution is 5.79. The summed E-state index contributed by atoms with van der Waals surface area (Å²) in [6.07, 6.45) is 2.45. The van der Waals surface area contributed by atoms with E-state index >= 15 is 0 Å². The van der Waals surface area contributed by atoms with Crippen molar-refractivity contribution < 1.29 is 14.7 Å². The average molecular weight is 247 g/mol. The molecule has 4 heteroatoms. The standard InChI is InChI=1S/C14H17NO3/c1-9-3-6-12(10(2)7-9)13(14(17)18)15(8-16)11-4-5-11/h3,6-8,11,13H,4-5H2,1-2H3,(H,17,18). The van der Waals surface area contributed by atoms with Crippen LogP contribution in [-0.4, -0.2) is 28.4 Å². The molecule has 1 aliphatic carbocycles. The molecule has 1 aliphatic rings. The quantitative estimate of drug-likeness (QED) is 0.810. The summed E-state index contributed by atoms with van der Waals surface area (Å²) < 4.78 is 0. The van der Waals surface area contributed by atoms with Crippen molar-refractivity contribution >= 4 is 12.4 Å². The first kappa shape index (κ1) is 12.6. The van der Waals surface area contributed by atoms with Crippen LogP contribution in [0, 0.1) is 13.8 Å². The number of hydrogen-bond donors (Lipinski definition) is 1. The first-order valence-corrected chi connectivity index (χ1v) is 6.07. The van der Waals surface area contributed by atoms with Gasteiger partial charge in [-0.25, -0.2) is 4.79 Å². The maximum absolute atomic E-state index is 11.5. The molecular weight excluding hydrogens is 230 g/mol. The van der Waals surface area contributed by atoms with Gasteiger partial charge in [-0.1, -0.05) is 23.8 Å². The van der Waals surface area contributed by atoms with E-state index in [1.807, 2.05) is 32.0 Å². The smallest absolute Gasteiger partial charge is 0.331 e. The molecule has 1 amide bonds. The molecule has 0 radical (unpaired) electrons. The number of nitrogens with zero attached hydrogens (tertiary/aromatic N) is 1. The van der Waals surface area contributed by atoms with Gasteiger partial charge in [-0.05, 0) is 37.8 Å². The largest absolute Gasteiger partial charge is 0.479 e. The molecule has 1 fully saturated rings. The number of rotatable bonds is 5. The lowest BCUT2D eigenvalue weighted by Gasteiger charge is -2.26. The summed E-state index contributed by atoms with van der Waals surface area (Å²) in [5.41, 5.74) is 2.70. The minimum absolute atomic E-state index is 0.0873. The maximum atomic E-state index is 11.5. The van der Waals surface area contributed by atoms with Crippen LogP contribution in [0.1, 0.15) is 35.6 Å². The van der Waals surface area contributed by atoms with Gasteiger partial charge in [0.15, 0.2) is 6.04 Å². The molecular formula is C14H17NO3. The predicted molar refractivity (Wildman–Crippen MR) is 67.2 cm³/mol. The number of aliphatic carboxylic acids is 1. The highest BCUT2D eigenvalue weighted by Gasteiger charge is 2.37. The van der Waals surface area contributed by atoms with E-state index in [-0.39, 0.29) is 6.04 Å². The Hall–Kier alpha value is -1.84. The second-order valence-corrected chi connectivity index (χ2v) is 4.88. The number of carboxylic acid groups (broad SMARTS) is 1. The fourth-order valence-corrected chi connectivity index (χ4v) is 2.28. The minimum Gasteiger partial charge on any atom is -0.479 e. The lowest BCUT2D eigenvalue weighted by Crippen LogP contribution is -2.35. The Morgan fingerprint density at radius 2 is 2.11 bits per heavy atom. The molecule has 1 unspecified atom stereocenters. The summed E-state index contributed by atoms with van der Waals surface area (Å²) in [7, 11) is 0. The summed E-state index contributed by atoms with van der Waals surface area (Å²) in [6, 6.07) is 4.86. The molecule has 0 spiro atoms. The molecule has 4 nitrogen and oxygen atoms in total. The summed E-state index contributed by atoms with van der Waals surface area (Å²) >= 11 is 0. The number of amides is 1. The molecule has 0 heterocycles. The van der Waals surface area contributed by atoms with Gasteiger partial charge in [-0.15, -0.1) is 0 Å². The normalized spacial score (nSPS) is 16.1. The van der Waals surface area contributed by atoms with E-state index in [9.17, 15) is 14.7 Å². The van der Waals surface area contributed by atoms with Crippen LogP contribution >= 0.6 is 0 Å². The number of hydrogen-bond acceptors (Lipinski definition) is 2. The fraction of sp³-hybridized carbons (Fsp3) is 0.429.